The van der Waals surface area contributed by atoms with Gasteiger partial charge in [0.05, 0.1) is 0 Å². The minimum Gasteiger partial charge on any atom is -0.329 e. The van der Waals surface area contributed by atoms with E-state index in [9.17, 15) is 0 Å². The molecule has 1 saturated carbocycles. The molecule has 0 aromatic heterocycles. The highest BCUT2D eigenvalue weighted by Crippen LogP contribution is 2.33. The first-order chi connectivity index (χ1) is 5.68. The Balaban J connectivity index is 2.59. The maximum absolute atomic E-state index is 5.82. The maximum atomic E-state index is 5.82. The summed E-state index contributed by atoms with van der Waals surface area (Å²) >= 11 is 0. The van der Waals surface area contributed by atoms with Crippen LogP contribution in [-0.4, -0.2) is 29.6 Å². The van der Waals surface area contributed by atoms with Crippen LogP contribution in [-0.2, 0) is 0 Å². The van der Waals surface area contributed by atoms with E-state index in [1.165, 1.54) is 12.8 Å². The van der Waals surface area contributed by atoms with Crippen LogP contribution < -0.4 is 5.73 Å². The zero-order valence-corrected chi connectivity index (χ0v) is 8.64. The molecular formula is C10H22N2. The van der Waals surface area contributed by atoms with E-state index in [2.05, 4.69) is 25.7 Å². The Hall–Kier alpha value is -0.0800. The monoisotopic (exact) mass is 170 g/mol. The maximum Gasteiger partial charge on any atom is 0.0303 e. The Kier molecular flexibility index (Phi) is 3.13. The summed E-state index contributed by atoms with van der Waals surface area (Å²) in [6, 6.07) is 0.837. The topological polar surface area (TPSA) is 29.3 Å². The van der Waals surface area contributed by atoms with Crippen LogP contribution in [0.5, 0.6) is 0 Å². The lowest BCUT2D eigenvalue weighted by molar-refractivity contribution is 0.104. The molecule has 0 heterocycles. The SMILES string of the molecule is CCN(C1CC1)C(C)(CC)CN. The zero-order chi connectivity index (χ0) is 9.19. The van der Waals surface area contributed by atoms with Gasteiger partial charge < -0.3 is 5.73 Å². The Morgan fingerprint density at radius 2 is 2.00 bits per heavy atom. The lowest BCUT2D eigenvalue weighted by Gasteiger charge is -2.39. The number of nitrogens with two attached hydrogens (primary N) is 1. The van der Waals surface area contributed by atoms with Gasteiger partial charge in [-0.3, -0.25) is 4.90 Å². The summed E-state index contributed by atoms with van der Waals surface area (Å²) in [7, 11) is 0. The van der Waals surface area contributed by atoms with Crippen molar-refractivity contribution in [1.29, 1.82) is 0 Å². The molecular weight excluding hydrogens is 148 g/mol. The minimum absolute atomic E-state index is 0.246. The van der Waals surface area contributed by atoms with Crippen LogP contribution in [0.2, 0.25) is 0 Å². The first-order valence-corrected chi connectivity index (χ1v) is 5.14. The molecule has 2 heteroatoms. The van der Waals surface area contributed by atoms with Crippen molar-refractivity contribution in [2.75, 3.05) is 13.1 Å². The summed E-state index contributed by atoms with van der Waals surface area (Å²) in [6.45, 7) is 8.69. The summed E-state index contributed by atoms with van der Waals surface area (Å²) in [4.78, 5) is 2.58. The Labute approximate surface area is 76.1 Å². The van der Waals surface area contributed by atoms with Crippen LogP contribution in [0, 0.1) is 0 Å². The van der Waals surface area contributed by atoms with E-state index in [0.29, 0.717) is 0 Å². The van der Waals surface area contributed by atoms with Crippen LogP contribution in [0.25, 0.3) is 0 Å². The van der Waals surface area contributed by atoms with E-state index in [1.54, 1.807) is 0 Å². The third kappa shape index (κ3) is 1.80. The molecule has 2 nitrogen and oxygen atoms in total. The lowest BCUT2D eigenvalue weighted by Crippen LogP contribution is -2.52. The predicted octanol–water partition coefficient (Wildman–Crippen LogP) is 1.60. The summed E-state index contributed by atoms with van der Waals surface area (Å²) in [5.41, 5.74) is 6.06. The highest BCUT2D eigenvalue weighted by Gasteiger charge is 2.38. The van der Waals surface area contributed by atoms with Crippen molar-refractivity contribution in [1.82, 2.24) is 4.90 Å². The van der Waals surface area contributed by atoms with Crippen molar-refractivity contribution in [3.05, 3.63) is 0 Å². The molecule has 1 atom stereocenters. The molecule has 1 unspecified atom stereocenters. The van der Waals surface area contributed by atoms with E-state index in [-0.39, 0.29) is 5.54 Å². The molecule has 0 amide bonds. The molecule has 1 aliphatic carbocycles. The third-order valence-electron chi connectivity index (χ3n) is 3.22. The number of rotatable bonds is 5. The van der Waals surface area contributed by atoms with Crippen molar-refractivity contribution in [2.45, 2.75) is 51.6 Å². The smallest absolute Gasteiger partial charge is 0.0303 e. The summed E-state index contributed by atoms with van der Waals surface area (Å²) in [5, 5.41) is 0. The normalized spacial score (nSPS) is 22.8. The van der Waals surface area contributed by atoms with Gasteiger partial charge in [0.2, 0.25) is 0 Å². The quantitative estimate of drug-likeness (QED) is 0.679. The van der Waals surface area contributed by atoms with E-state index in [1.807, 2.05) is 0 Å². The van der Waals surface area contributed by atoms with Crippen LogP contribution in [0.3, 0.4) is 0 Å². The average molecular weight is 170 g/mol. The van der Waals surface area contributed by atoms with Crippen molar-refractivity contribution < 1.29 is 0 Å². The van der Waals surface area contributed by atoms with E-state index >= 15 is 0 Å². The predicted molar refractivity (Wildman–Crippen MR) is 53.2 cm³/mol. The van der Waals surface area contributed by atoms with Crippen LogP contribution >= 0.6 is 0 Å². The van der Waals surface area contributed by atoms with Crippen molar-refractivity contribution in [3.8, 4) is 0 Å². The molecule has 12 heavy (non-hydrogen) atoms. The molecule has 0 spiro atoms. The molecule has 0 aliphatic heterocycles. The van der Waals surface area contributed by atoms with Gasteiger partial charge in [-0.2, -0.15) is 0 Å². The molecule has 72 valence electrons. The van der Waals surface area contributed by atoms with Crippen LogP contribution in [0.4, 0.5) is 0 Å². The van der Waals surface area contributed by atoms with Gasteiger partial charge in [-0.05, 0) is 32.7 Å². The van der Waals surface area contributed by atoms with Gasteiger partial charge in [0.25, 0.3) is 0 Å². The Morgan fingerprint density at radius 1 is 1.42 bits per heavy atom. The fraction of sp³-hybridized carbons (Fsp3) is 1.00. The van der Waals surface area contributed by atoms with Gasteiger partial charge >= 0.3 is 0 Å². The summed E-state index contributed by atoms with van der Waals surface area (Å²) in [6.07, 6.45) is 3.92. The van der Waals surface area contributed by atoms with E-state index in [0.717, 1.165) is 25.6 Å². The molecule has 0 saturated heterocycles. The second-order valence-electron chi connectivity index (χ2n) is 4.07. The van der Waals surface area contributed by atoms with Gasteiger partial charge in [0.1, 0.15) is 0 Å². The highest BCUT2D eigenvalue weighted by atomic mass is 15.2. The third-order valence-corrected chi connectivity index (χ3v) is 3.22. The number of likely N-dealkylation sites (N-methyl/N-ethyl adjacent to an activating group) is 1. The highest BCUT2D eigenvalue weighted by molar-refractivity contribution is 4.95. The van der Waals surface area contributed by atoms with Gasteiger partial charge in [-0.15, -0.1) is 0 Å². The molecule has 0 radical (unpaired) electrons. The molecule has 0 bridgehead atoms. The van der Waals surface area contributed by atoms with E-state index in [4.69, 9.17) is 5.73 Å². The standard InChI is InChI=1S/C10H22N2/c1-4-10(3,8-11)12(5-2)9-6-7-9/h9H,4-8,11H2,1-3H3. The lowest BCUT2D eigenvalue weighted by atomic mass is 9.96. The van der Waals surface area contributed by atoms with Gasteiger partial charge in [-0.1, -0.05) is 13.8 Å². The fourth-order valence-electron chi connectivity index (χ4n) is 1.93. The van der Waals surface area contributed by atoms with E-state index < -0.39 is 0 Å². The Morgan fingerprint density at radius 3 is 2.25 bits per heavy atom. The Bertz CT molecular complexity index is 137. The second kappa shape index (κ2) is 3.75. The molecule has 1 rings (SSSR count). The van der Waals surface area contributed by atoms with Crippen molar-refractivity contribution in [2.24, 2.45) is 5.73 Å². The second-order valence-corrected chi connectivity index (χ2v) is 4.07. The zero-order valence-electron chi connectivity index (χ0n) is 8.64. The van der Waals surface area contributed by atoms with Crippen LogP contribution in [0.15, 0.2) is 0 Å². The number of hydrogen-bond acceptors (Lipinski definition) is 2. The summed E-state index contributed by atoms with van der Waals surface area (Å²) < 4.78 is 0. The summed E-state index contributed by atoms with van der Waals surface area (Å²) in [5.74, 6) is 0. The van der Waals surface area contributed by atoms with Gasteiger partial charge in [0, 0.05) is 18.1 Å². The molecule has 1 fully saturated rings. The molecule has 0 aromatic carbocycles. The number of hydrogen-bond donors (Lipinski definition) is 1. The van der Waals surface area contributed by atoms with Crippen molar-refractivity contribution in [3.63, 3.8) is 0 Å². The average Bonchev–Trinajstić information content (AvgIpc) is 2.89. The minimum atomic E-state index is 0.246. The molecule has 0 aromatic rings. The molecule has 1 aliphatic rings. The fourth-order valence-corrected chi connectivity index (χ4v) is 1.93. The largest absolute Gasteiger partial charge is 0.329 e. The first-order valence-electron chi connectivity index (χ1n) is 5.14. The van der Waals surface area contributed by atoms with Gasteiger partial charge in [0.15, 0.2) is 0 Å². The first kappa shape index (κ1) is 10.0. The molecule has 2 N–H and O–H groups in total. The van der Waals surface area contributed by atoms with Crippen LogP contribution in [0.1, 0.15) is 40.0 Å². The number of nitrogens with zero attached hydrogens (tertiary/aromatic N) is 1. The van der Waals surface area contributed by atoms with Crippen molar-refractivity contribution >= 4 is 0 Å². The van der Waals surface area contributed by atoms with Gasteiger partial charge in [-0.25, -0.2) is 0 Å².